The molecule has 7 heteroatoms. The fourth-order valence-electron chi connectivity index (χ4n) is 2.27. The summed E-state index contributed by atoms with van der Waals surface area (Å²) in [4.78, 5) is 12.5. The number of carbonyl (C=O) groups excluding carboxylic acids is 1. The predicted octanol–water partition coefficient (Wildman–Crippen LogP) is 2.88. The SMILES string of the molecule is CCn1ccc(NC(=O)C(C)(C)Oc2ccn(-c3ccccc3)n2)n1. The predicted molar refractivity (Wildman–Crippen MR) is 94.8 cm³/mol. The molecule has 3 rings (SSSR count). The number of ether oxygens (including phenoxy) is 1. The number of nitrogens with zero attached hydrogens (tertiary/aromatic N) is 4. The molecule has 1 amide bonds. The molecule has 0 aliphatic rings. The second kappa shape index (κ2) is 6.80. The Balaban J connectivity index is 1.68. The zero-order chi connectivity index (χ0) is 17.9. The quantitative estimate of drug-likeness (QED) is 0.749. The first-order valence-electron chi connectivity index (χ1n) is 8.13. The number of benzene rings is 1. The molecule has 0 unspecified atom stereocenters. The maximum absolute atomic E-state index is 12.5. The largest absolute Gasteiger partial charge is 0.460 e. The van der Waals surface area contributed by atoms with Crippen molar-refractivity contribution in [2.24, 2.45) is 0 Å². The number of nitrogens with one attached hydrogen (secondary N) is 1. The number of anilines is 1. The van der Waals surface area contributed by atoms with Gasteiger partial charge in [-0.3, -0.25) is 9.48 Å². The average molecular weight is 339 g/mol. The highest BCUT2D eigenvalue weighted by molar-refractivity contribution is 5.96. The van der Waals surface area contributed by atoms with Gasteiger partial charge >= 0.3 is 0 Å². The molecule has 2 heterocycles. The lowest BCUT2D eigenvalue weighted by Crippen LogP contribution is -2.42. The number of rotatable bonds is 6. The van der Waals surface area contributed by atoms with Crippen LogP contribution < -0.4 is 10.1 Å². The molecule has 0 saturated carbocycles. The fraction of sp³-hybridized carbons (Fsp3) is 0.278. The minimum absolute atomic E-state index is 0.289. The normalized spacial score (nSPS) is 11.3. The Labute approximate surface area is 146 Å². The van der Waals surface area contributed by atoms with Gasteiger partial charge in [0.05, 0.1) is 5.69 Å². The smallest absolute Gasteiger partial charge is 0.269 e. The summed E-state index contributed by atoms with van der Waals surface area (Å²) >= 11 is 0. The molecule has 0 aliphatic heterocycles. The number of carbonyl (C=O) groups is 1. The standard InChI is InChI=1S/C18H21N5O2/c1-4-22-12-10-15(20-22)19-17(24)18(2,3)25-16-11-13-23(21-16)14-8-6-5-7-9-14/h5-13H,4H2,1-3H3,(H,19,20,24). The molecule has 1 N–H and O–H groups in total. The van der Waals surface area contributed by atoms with Crippen LogP contribution in [0, 0.1) is 0 Å². The molecule has 2 aromatic heterocycles. The topological polar surface area (TPSA) is 74.0 Å². The summed E-state index contributed by atoms with van der Waals surface area (Å²) < 4.78 is 9.23. The van der Waals surface area contributed by atoms with Crippen molar-refractivity contribution in [3.63, 3.8) is 0 Å². The molecule has 0 radical (unpaired) electrons. The van der Waals surface area contributed by atoms with E-state index in [0.717, 1.165) is 12.2 Å². The van der Waals surface area contributed by atoms with Gasteiger partial charge < -0.3 is 10.1 Å². The molecule has 0 fully saturated rings. The van der Waals surface area contributed by atoms with Crippen LogP contribution in [0.1, 0.15) is 20.8 Å². The summed E-state index contributed by atoms with van der Waals surface area (Å²) in [6, 6.07) is 13.2. The minimum Gasteiger partial charge on any atom is -0.460 e. The first-order valence-corrected chi connectivity index (χ1v) is 8.13. The van der Waals surface area contributed by atoms with Crippen LogP contribution in [0.2, 0.25) is 0 Å². The van der Waals surface area contributed by atoms with Crippen LogP contribution >= 0.6 is 0 Å². The summed E-state index contributed by atoms with van der Waals surface area (Å²) in [5.74, 6) is 0.588. The second-order valence-electron chi connectivity index (χ2n) is 6.06. The summed E-state index contributed by atoms with van der Waals surface area (Å²) in [6.45, 7) is 6.11. The summed E-state index contributed by atoms with van der Waals surface area (Å²) in [5, 5.41) is 11.4. The van der Waals surface area contributed by atoms with Crippen molar-refractivity contribution in [2.45, 2.75) is 32.9 Å². The molecular weight excluding hydrogens is 318 g/mol. The number of hydrogen-bond donors (Lipinski definition) is 1. The van der Waals surface area contributed by atoms with Gasteiger partial charge in [-0.25, -0.2) is 4.68 Å². The Hall–Kier alpha value is -3.09. The van der Waals surface area contributed by atoms with E-state index in [1.165, 1.54) is 0 Å². The average Bonchev–Trinajstić information content (AvgIpc) is 3.24. The molecule has 0 bridgehead atoms. The Morgan fingerprint density at radius 2 is 1.88 bits per heavy atom. The van der Waals surface area contributed by atoms with E-state index in [2.05, 4.69) is 15.5 Å². The van der Waals surface area contributed by atoms with Crippen LogP contribution in [0.3, 0.4) is 0 Å². The number of amides is 1. The van der Waals surface area contributed by atoms with Gasteiger partial charge in [-0.05, 0) is 32.9 Å². The zero-order valence-electron chi connectivity index (χ0n) is 14.5. The van der Waals surface area contributed by atoms with Crippen molar-refractivity contribution < 1.29 is 9.53 Å². The van der Waals surface area contributed by atoms with Gasteiger partial charge in [0.1, 0.15) is 0 Å². The maximum atomic E-state index is 12.5. The van der Waals surface area contributed by atoms with Gasteiger partial charge in [-0.15, -0.1) is 5.10 Å². The van der Waals surface area contributed by atoms with Crippen LogP contribution in [-0.4, -0.2) is 31.1 Å². The number of aromatic nitrogens is 4. The molecule has 3 aromatic rings. The summed E-state index contributed by atoms with van der Waals surface area (Å²) in [7, 11) is 0. The van der Waals surface area contributed by atoms with E-state index in [1.807, 2.05) is 43.5 Å². The third-order valence-electron chi connectivity index (χ3n) is 3.70. The van der Waals surface area contributed by atoms with Gasteiger partial charge in [0, 0.05) is 31.1 Å². The fourth-order valence-corrected chi connectivity index (χ4v) is 2.27. The van der Waals surface area contributed by atoms with Gasteiger partial charge in [-0.2, -0.15) is 5.10 Å². The van der Waals surface area contributed by atoms with Crippen LogP contribution in [0.25, 0.3) is 5.69 Å². The summed E-state index contributed by atoms with van der Waals surface area (Å²) in [5.41, 5.74) is -0.170. The highest BCUT2D eigenvalue weighted by atomic mass is 16.5. The number of aryl methyl sites for hydroxylation is 1. The minimum atomic E-state index is -1.09. The third-order valence-corrected chi connectivity index (χ3v) is 3.70. The van der Waals surface area contributed by atoms with Crippen LogP contribution in [0.5, 0.6) is 5.88 Å². The Kier molecular flexibility index (Phi) is 4.56. The first-order chi connectivity index (χ1) is 12.0. The maximum Gasteiger partial charge on any atom is 0.269 e. The third kappa shape index (κ3) is 3.88. The Morgan fingerprint density at radius 3 is 2.56 bits per heavy atom. The molecule has 25 heavy (non-hydrogen) atoms. The highest BCUT2D eigenvalue weighted by Crippen LogP contribution is 2.19. The van der Waals surface area contributed by atoms with Crippen molar-refractivity contribution >= 4 is 11.7 Å². The van der Waals surface area contributed by atoms with Gasteiger partial charge in [0.15, 0.2) is 11.4 Å². The van der Waals surface area contributed by atoms with Crippen molar-refractivity contribution in [1.82, 2.24) is 19.6 Å². The van der Waals surface area contributed by atoms with E-state index in [-0.39, 0.29) is 5.91 Å². The Morgan fingerprint density at radius 1 is 1.12 bits per heavy atom. The second-order valence-corrected chi connectivity index (χ2v) is 6.06. The molecule has 0 saturated heterocycles. The lowest BCUT2D eigenvalue weighted by Gasteiger charge is -2.23. The van der Waals surface area contributed by atoms with Crippen molar-refractivity contribution in [2.75, 3.05) is 5.32 Å². The molecule has 0 atom stereocenters. The van der Waals surface area contributed by atoms with Crippen LogP contribution in [0.15, 0.2) is 54.9 Å². The first kappa shape index (κ1) is 16.8. The van der Waals surface area contributed by atoms with E-state index >= 15 is 0 Å². The van der Waals surface area contributed by atoms with E-state index in [1.54, 1.807) is 41.5 Å². The molecular formula is C18H21N5O2. The van der Waals surface area contributed by atoms with Crippen LogP contribution in [-0.2, 0) is 11.3 Å². The molecule has 1 aromatic carbocycles. The Bertz CT molecular complexity index is 851. The molecule has 130 valence electrons. The van der Waals surface area contributed by atoms with E-state index in [4.69, 9.17) is 4.74 Å². The van der Waals surface area contributed by atoms with Crippen molar-refractivity contribution in [3.05, 3.63) is 54.9 Å². The van der Waals surface area contributed by atoms with Gasteiger partial charge in [0.2, 0.25) is 5.88 Å². The van der Waals surface area contributed by atoms with Gasteiger partial charge in [-0.1, -0.05) is 18.2 Å². The lowest BCUT2D eigenvalue weighted by atomic mass is 10.1. The van der Waals surface area contributed by atoms with E-state index in [9.17, 15) is 4.79 Å². The molecule has 7 nitrogen and oxygen atoms in total. The van der Waals surface area contributed by atoms with Gasteiger partial charge in [0.25, 0.3) is 5.91 Å². The zero-order valence-corrected chi connectivity index (χ0v) is 14.5. The van der Waals surface area contributed by atoms with Crippen molar-refractivity contribution in [3.8, 4) is 11.6 Å². The number of para-hydroxylation sites is 1. The number of hydrogen-bond acceptors (Lipinski definition) is 4. The van der Waals surface area contributed by atoms with E-state index < -0.39 is 5.60 Å². The summed E-state index contributed by atoms with van der Waals surface area (Å²) in [6.07, 6.45) is 3.60. The molecule has 0 aliphatic carbocycles. The van der Waals surface area contributed by atoms with Crippen molar-refractivity contribution in [1.29, 1.82) is 0 Å². The monoisotopic (exact) mass is 339 g/mol. The lowest BCUT2D eigenvalue weighted by molar-refractivity contribution is -0.128. The molecule has 0 spiro atoms. The van der Waals surface area contributed by atoms with Crippen LogP contribution in [0.4, 0.5) is 5.82 Å². The highest BCUT2D eigenvalue weighted by Gasteiger charge is 2.31. The van der Waals surface area contributed by atoms with E-state index in [0.29, 0.717) is 11.7 Å².